The molecule has 0 aliphatic rings. The summed E-state index contributed by atoms with van der Waals surface area (Å²) in [7, 11) is -3.34. The lowest BCUT2D eigenvalue weighted by atomic mass is 10.2. The first-order chi connectivity index (χ1) is 7.84. The Morgan fingerprint density at radius 3 is 2.65 bits per heavy atom. The first-order valence-corrected chi connectivity index (χ1v) is 6.71. The van der Waals surface area contributed by atoms with E-state index in [4.69, 9.17) is 11.2 Å². The number of sulfone groups is 1. The van der Waals surface area contributed by atoms with E-state index in [9.17, 15) is 13.2 Å². The Kier molecular flexibility index (Phi) is 3.92. The fourth-order valence-electron chi connectivity index (χ4n) is 1.12. The van der Waals surface area contributed by atoms with Gasteiger partial charge in [0.25, 0.3) is 0 Å². The van der Waals surface area contributed by atoms with Crippen LogP contribution in [0.5, 0.6) is 0 Å². The van der Waals surface area contributed by atoms with E-state index in [1.807, 2.05) is 0 Å². The number of benzene rings is 1. The summed E-state index contributed by atoms with van der Waals surface area (Å²) in [5.74, 6) is 1.61. The highest BCUT2D eigenvalue weighted by atomic mass is 32.2. The average molecular weight is 252 g/mol. The lowest BCUT2D eigenvalue weighted by Gasteiger charge is -2.07. The quantitative estimate of drug-likeness (QED) is 0.600. The molecule has 1 atom stereocenters. The molecule has 1 rings (SSSR count). The second kappa shape index (κ2) is 5.02. The van der Waals surface area contributed by atoms with Crippen LogP contribution in [0.4, 0.5) is 0 Å². The number of ether oxygens (including phenoxy) is 1. The van der Waals surface area contributed by atoms with Crippen LogP contribution in [-0.4, -0.2) is 26.7 Å². The molecule has 1 unspecified atom stereocenters. The molecule has 0 amide bonds. The number of terminal acetylenes is 1. The third-order valence-electron chi connectivity index (χ3n) is 2.02. The first-order valence-electron chi connectivity index (χ1n) is 4.82. The number of carbonyl (C=O) groups excluding carboxylic acids is 1. The minimum Gasteiger partial charge on any atom is -0.446 e. The van der Waals surface area contributed by atoms with E-state index in [1.54, 1.807) is 6.92 Å². The summed E-state index contributed by atoms with van der Waals surface area (Å²) >= 11 is 0. The Balaban J connectivity index is 3.02. The molecule has 0 saturated carbocycles. The molecule has 0 aliphatic carbocycles. The Labute approximate surface area is 101 Å². The van der Waals surface area contributed by atoms with Crippen molar-refractivity contribution in [1.29, 1.82) is 0 Å². The Bertz CT molecular complexity index is 566. The van der Waals surface area contributed by atoms with Crippen molar-refractivity contribution in [3.8, 4) is 12.3 Å². The molecule has 0 fully saturated rings. The van der Waals surface area contributed by atoms with Gasteiger partial charge in [-0.05, 0) is 25.1 Å². The maximum atomic E-state index is 11.6. The van der Waals surface area contributed by atoms with Crippen LogP contribution in [-0.2, 0) is 14.6 Å². The summed E-state index contributed by atoms with van der Waals surface area (Å²) in [6.07, 6.45) is 5.50. The zero-order valence-electron chi connectivity index (χ0n) is 9.51. The Morgan fingerprint density at radius 2 is 2.12 bits per heavy atom. The maximum Gasteiger partial charge on any atom is 0.339 e. The molecule has 0 bridgehead atoms. The van der Waals surface area contributed by atoms with Crippen LogP contribution in [0.15, 0.2) is 29.2 Å². The molecule has 0 heterocycles. The predicted octanol–water partition coefficient (Wildman–Crippen LogP) is 1.27. The molecule has 5 heteroatoms. The van der Waals surface area contributed by atoms with Gasteiger partial charge in [0.2, 0.25) is 0 Å². The van der Waals surface area contributed by atoms with Gasteiger partial charge in [0.05, 0.1) is 10.5 Å². The van der Waals surface area contributed by atoms with Crippen molar-refractivity contribution in [3.63, 3.8) is 0 Å². The lowest BCUT2D eigenvalue weighted by Crippen LogP contribution is -2.13. The van der Waals surface area contributed by atoms with E-state index >= 15 is 0 Å². The van der Waals surface area contributed by atoms with Crippen molar-refractivity contribution in [2.75, 3.05) is 6.26 Å². The van der Waals surface area contributed by atoms with Crippen LogP contribution >= 0.6 is 0 Å². The molecule has 90 valence electrons. The number of carbonyl (C=O) groups is 1. The van der Waals surface area contributed by atoms with Crippen LogP contribution < -0.4 is 0 Å². The van der Waals surface area contributed by atoms with Crippen molar-refractivity contribution < 1.29 is 17.9 Å². The van der Waals surface area contributed by atoms with Crippen molar-refractivity contribution in [2.24, 2.45) is 0 Å². The highest BCUT2D eigenvalue weighted by molar-refractivity contribution is 7.90. The first kappa shape index (κ1) is 13.3. The van der Waals surface area contributed by atoms with E-state index in [2.05, 4.69) is 5.92 Å². The number of hydrogen-bond acceptors (Lipinski definition) is 4. The van der Waals surface area contributed by atoms with Crippen molar-refractivity contribution in [2.45, 2.75) is 17.9 Å². The van der Waals surface area contributed by atoms with Gasteiger partial charge >= 0.3 is 5.97 Å². The molecular weight excluding hydrogens is 240 g/mol. The summed E-state index contributed by atoms with van der Waals surface area (Å²) in [6, 6.07) is 5.63. The molecule has 0 spiro atoms. The van der Waals surface area contributed by atoms with Gasteiger partial charge in [-0.2, -0.15) is 0 Å². The van der Waals surface area contributed by atoms with Gasteiger partial charge in [-0.25, -0.2) is 13.2 Å². The number of hydrogen-bond donors (Lipinski definition) is 0. The van der Waals surface area contributed by atoms with Gasteiger partial charge in [-0.15, -0.1) is 6.42 Å². The van der Waals surface area contributed by atoms with E-state index in [0.29, 0.717) is 0 Å². The maximum absolute atomic E-state index is 11.6. The molecule has 4 nitrogen and oxygen atoms in total. The number of esters is 1. The average Bonchev–Trinajstić information content (AvgIpc) is 2.28. The van der Waals surface area contributed by atoms with Crippen molar-refractivity contribution >= 4 is 15.8 Å². The fourth-order valence-corrected chi connectivity index (χ4v) is 1.78. The van der Waals surface area contributed by atoms with Crippen LogP contribution in [0.25, 0.3) is 0 Å². The summed E-state index contributed by atoms with van der Waals surface area (Å²) in [5.41, 5.74) is 0.162. The third-order valence-corrected chi connectivity index (χ3v) is 3.13. The smallest absolute Gasteiger partial charge is 0.339 e. The molecule has 0 N–H and O–H groups in total. The summed E-state index contributed by atoms with van der Waals surface area (Å²) in [5, 5.41) is 0. The highest BCUT2D eigenvalue weighted by Crippen LogP contribution is 2.12. The fraction of sp³-hybridized carbons (Fsp3) is 0.250. The molecule has 0 saturated heterocycles. The molecule has 0 aromatic heterocycles. The van der Waals surface area contributed by atoms with E-state index in [1.165, 1.54) is 24.3 Å². The van der Waals surface area contributed by atoms with Gasteiger partial charge in [-0.1, -0.05) is 12.0 Å². The molecule has 1 aromatic carbocycles. The molecule has 0 aliphatic heterocycles. The Hall–Kier alpha value is -1.80. The number of rotatable bonds is 3. The van der Waals surface area contributed by atoms with Crippen molar-refractivity contribution in [1.82, 2.24) is 0 Å². The molecule has 0 radical (unpaired) electrons. The normalized spacial score (nSPS) is 12.5. The molecular formula is C12H12O4S. The second-order valence-electron chi connectivity index (χ2n) is 3.51. The van der Waals surface area contributed by atoms with E-state index in [0.717, 1.165) is 6.26 Å². The van der Waals surface area contributed by atoms with Crippen LogP contribution in [0, 0.1) is 12.3 Å². The summed E-state index contributed by atoms with van der Waals surface area (Å²) in [6.45, 7) is 1.55. The second-order valence-corrected chi connectivity index (χ2v) is 5.53. The standard InChI is InChI=1S/C12H12O4S/c1-4-9(2)16-12(13)10-6-5-7-11(8-10)17(3,14)15/h1,5-9H,2-3H3. The van der Waals surface area contributed by atoms with Crippen LogP contribution in [0.2, 0.25) is 0 Å². The minimum atomic E-state index is -3.34. The Morgan fingerprint density at radius 1 is 1.47 bits per heavy atom. The van der Waals surface area contributed by atoms with Crippen LogP contribution in [0.3, 0.4) is 0 Å². The zero-order chi connectivity index (χ0) is 13.1. The monoisotopic (exact) mass is 252 g/mol. The van der Waals surface area contributed by atoms with Crippen molar-refractivity contribution in [3.05, 3.63) is 29.8 Å². The van der Waals surface area contributed by atoms with Gasteiger partial charge in [0, 0.05) is 6.26 Å². The molecule has 17 heavy (non-hydrogen) atoms. The van der Waals surface area contributed by atoms with Gasteiger partial charge in [0.15, 0.2) is 15.9 Å². The predicted molar refractivity (Wildman–Crippen MR) is 63.3 cm³/mol. The van der Waals surface area contributed by atoms with E-state index in [-0.39, 0.29) is 10.5 Å². The molecule has 1 aromatic rings. The summed E-state index contributed by atoms with van der Waals surface area (Å²) in [4.78, 5) is 11.7. The van der Waals surface area contributed by atoms with Gasteiger partial charge < -0.3 is 4.74 Å². The van der Waals surface area contributed by atoms with Crippen LogP contribution in [0.1, 0.15) is 17.3 Å². The van der Waals surface area contributed by atoms with Gasteiger partial charge in [0.1, 0.15) is 0 Å². The largest absolute Gasteiger partial charge is 0.446 e. The highest BCUT2D eigenvalue weighted by Gasteiger charge is 2.13. The minimum absolute atomic E-state index is 0.0697. The summed E-state index contributed by atoms with van der Waals surface area (Å²) < 4.78 is 27.5. The van der Waals surface area contributed by atoms with Gasteiger partial charge in [-0.3, -0.25) is 0 Å². The third kappa shape index (κ3) is 3.61. The zero-order valence-corrected chi connectivity index (χ0v) is 10.3. The van der Waals surface area contributed by atoms with E-state index < -0.39 is 21.9 Å². The lowest BCUT2D eigenvalue weighted by molar-refractivity contribution is 0.0438. The topological polar surface area (TPSA) is 60.4 Å². The SMILES string of the molecule is C#CC(C)OC(=O)c1cccc(S(C)(=O)=O)c1.